The summed E-state index contributed by atoms with van der Waals surface area (Å²) in [4.78, 5) is 4.71. The van der Waals surface area contributed by atoms with Gasteiger partial charge in [0, 0.05) is 37.6 Å². The average Bonchev–Trinajstić information content (AvgIpc) is 2.75. The van der Waals surface area contributed by atoms with Crippen LogP contribution >= 0.6 is 11.6 Å². The minimum absolute atomic E-state index is 0.132. The normalized spacial score (nSPS) is 18.4. The Morgan fingerprint density at radius 2 is 0.962 bits per heavy atom. The van der Waals surface area contributed by atoms with Gasteiger partial charge in [-0.05, 0) is 35.4 Å². The highest BCUT2D eigenvalue weighted by Gasteiger charge is 2.15. The van der Waals surface area contributed by atoms with Gasteiger partial charge in [0.1, 0.15) is 0 Å². The molecule has 0 aromatic heterocycles. The number of nitrogens with zero attached hydrogens (tertiary/aromatic N) is 2. The molecule has 2 aliphatic rings. The third kappa shape index (κ3) is 3.98. The van der Waals surface area contributed by atoms with Crippen molar-refractivity contribution in [1.82, 2.24) is 0 Å². The fraction of sp³-hybridized carbons (Fsp3) is 0.429. The highest BCUT2D eigenvalue weighted by molar-refractivity contribution is 6.22. The second-order valence-corrected chi connectivity index (χ2v) is 7.18. The molecule has 2 saturated heterocycles. The summed E-state index contributed by atoms with van der Waals surface area (Å²) in [6.07, 6.45) is 0. The van der Waals surface area contributed by atoms with Gasteiger partial charge in [-0.25, -0.2) is 0 Å². The molecule has 0 atom stereocenters. The van der Waals surface area contributed by atoms with Crippen molar-refractivity contribution in [2.24, 2.45) is 0 Å². The number of rotatable bonds is 4. The maximum absolute atomic E-state index is 6.74. The summed E-state index contributed by atoms with van der Waals surface area (Å²) in [5.41, 5.74) is 4.73. The first-order valence-electron chi connectivity index (χ1n) is 9.31. The van der Waals surface area contributed by atoms with Crippen LogP contribution in [0.5, 0.6) is 0 Å². The molecule has 0 saturated carbocycles. The molecule has 4 rings (SSSR count). The van der Waals surface area contributed by atoms with E-state index in [9.17, 15) is 0 Å². The van der Waals surface area contributed by atoms with Crippen molar-refractivity contribution in [2.45, 2.75) is 5.38 Å². The third-order valence-corrected chi connectivity index (χ3v) is 5.63. The van der Waals surface area contributed by atoms with Gasteiger partial charge in [0.05, 0.1) is 31.8 Å². The Balaban J connectivity index is 1.43. The number of hydrogen-bond donors (Lipinski definition) is 0. The molecule has 0 amide bonds. The van der Waals surface area contributed by atoms with Crippen LogP contribution in [0.1, 0.15) is 16.5 Å². The van der Waals surface area contributed by atoms with E-state index in [1.165, 1.54) is 11.4 Å². The van der Waals surface area contributed by atoms with Crippen molar-refractivity contribution >= 4 is 23.0 Å². The third-order valence-electron chi connectivity index (χ3n) is 5.12. The van der Waals surface area contributed by atoms with Crippen LogP contribution in [-0.4, -0.2) is 52.6 Å². The lowest BCUT2D eigenvalue weighted by molar-refractivity contribution is 0.122. The summed E-state index contributed by atoms with van der Waals surface area (Å²) in [7, 11) is 0. The summed E-state index contributed by atoms with van der Waals surface area (Å²) in [6, 6.07) is 17.2. The van der Waals surface area contributed by atoms with Gasteiger partial charge in [0.15, 0.2) is 0 Å². The molecule has 0 aliphatic carbocycles. The number of hydrogen-bond acceptors (Lipinski definition) is 4. The summed E-state index contributed by atoms with van der Waals surface area (Å²) in [5, 5.41) is -0.132. The van der Waals surface area contributed by atoms with Gasteiger partial charge in [0.25, 0.3) is 0 Å². The van der Waals surface area contributed by atoms with E-state index in [1.54, 1.807) is 0 Å². The second kappa shape index (κ2) is 8.30. The number of halogens is 1. The van der Waals surface area contributed by atoms with Gasteiger partial charge in [-0.1, -0.05) is 24.3 Å². The molecule has 4 nitrogen and oxygen atoms in total. The van der Waals surface area contributed by atoms with Gasteiger partial charge in [-0.15, -0.1) is 11.6 Å². The number of benzene rings is 2. The minimum Gasteiger partial charge on any atom is -0.378 e. The highest BCUT2D eigenvalue weighted by atomic mass is 35.5. The molecule has 0 unspecified atom stereocenters. The lowest BCUT2D eigenvalue weighted by Gasteiger charge is -2.29. The topological polar surface area (TPSA) is 24.9 Å². The summed E-state index contributed by atoms with van der Waals surface area (Å²) in [6.45, 7) is 7.01. The van der Waals surface area contributed by atoms with Crippen LogP contribution in [-0.2, 0) is 9.47 Å². The van der Waals surface area contributed by atoms with E-state index in [0.29, 0.717) is 0 Å². The first-order chi connectivity index (χ1) is 12.8. The molecule has 0 spiro atoms. The van der Waals surface area contributed by atoms with Crippen LogP contribution in [0.4, 0.5) is 11.4 Å². The number of morpholine rings is 2. The molecule has 26 heavy (non-hydrogen) atoms. The summed E-state index contributed by atoms with van der Waals surface area (Å²) < 4.78 is 10.8. The van der Waals surface area contributed by atoms with Crippen molar-refractivity contribution in [3.63, 3.8) is 0 Å². The van der Waals surface area contributed by atoms with Gasteiger partial charge >= 0.3 is 0 Å². The second-order valence-electron chi connectivity index (χ2n) is 6.74. The Morgan fingerprint density at radius 1 is 0.615 bits per heavy atom. The van der Waals surface area contributed by atoms with Crippen molar-refractivity contribution in [3.05, 3.63) is 59.7 Å². The maximum Gasteiger partial charge on any atom is 0.0835 e. The fourth-order valence-electron chi connectivity index (χ4n) is 3.54. The first-order valence-corrected chi connectivity index (χ1v) is 9.74. The van der Waals surface area contributed by atoms with Crippen molar-refractivity contribution in [3.8, 4) is 0 Å². The molecule has 0 bridgehead atoms. The zero-order chi connectivity index (χ0) is 17.8. The summed E-state index contributed by atoms with van der Waals surface area (Å²) >= 11 is 6.74. The fourth-order valence-corrected chi connectivity index (χ4v) is 3.83. The molecule has 5 heteroatoms. The van der Waals surface area contributed by atoms with Crippen LogP contribution in [0, 0.1) is 0 Å². The number of alkyl halides is 1. The minimum atomic E-state index is -0.132. The Bertz CT molecular complexity index is 631. The van der Waals surface area contributed by atoms with Gasteiger partial charge < -0.3 is 19.3 Å². The van der Waals surface area contributed by atoms with Crippen molar-refractivity contribution in [1.29, 1.82) is 0 Å². The van der Waals surface area contributed by atoms with Crippen LogP contribution in [0.2, 0.25) is 0 Å². The zero-order valence-corrected chi connectivity index (χ0v) is 15.7. The van der Waals surface area contributed by atoms with Crippen molar-refractivity contribution in [2.75, 3.05) is 62.4 Å². The van der Waals surface area contributed by atoms with E-state index in [4.69, 9.17) is 21.1 Å². The Labute approximate surface area is 160 Å². The number of ether oxygens (including phenoxy) is 2. The molecular formula is C21H25ClN2O2. The zero-order valence-electron chi connectivity index (χ0n) is 14.9. The van der Waals surface area contributed by atoms with Crippen LogP contribution in [0.25, 0.3) is 0 Å². The average molecular weight is 373 g/mol. The van der Waals surface area contributed by atoms with Gasteiger partial charge in [-0.2, -0.15) is 0 Å². The van der Waals surface area contributed by atoms with E-state index < -0.39 is 0 Å². The molecule has 2 fully saturated rings. The molecule has 2 aromatic carbocycles. The Kier molecular flexibility index (Phi) is 5.63. The molecule has 2 heterocycles. The molecule has 0 N–H and O–H groups in total. The first kappa shape index (κ1) is 17.7. The monoisotopic (exact) mass is 372 g/mol. The lowest BCUT2D eigenvalue weighted by atomic mass is 10.0. The molecule has 2 aromatic rings. The molecule has 2 aliphatic heterocycles. The van der Waals surface area contributed by atoms with E-state index in [-0.39, 0.29) is 5.38 Å². The summed E-state index contributed by atoms with van der Waals surface area (Å²) in [5.74, 6) is 0. The predicted molar refractivity (Wildman–Crippen MR) is 107 cm³/mol. The van der Waals surface area contributed by atoms with Crippen LogP contribution in [0.15, 0.2) is 48.5 Å². The van der Waals surface area contributed by atoms with Crippen LogP contribution in [0.3, 0.4) is 0 Å². The molecule has 0 radical (unpaired) electrons. The van der Waals surface area contributed by atoms with E-state index >= 15 is 0 Å². The van der Waals surface area contributed by atoms with E-state index in [1.807, 2.05) is 0 Å². The van der Waals surface area contributed by atoms with E-state index in [2.05, 4.69) is 58.3 Å². The smallest absolute Gasteiger partial charge is 0.0835 e. The number of anilines is 2. The van der Waals surface area contributed by atoms with Crippen molar-refractivity contribution < 1.29 is 9.47 Å². The molecular weight excluding hydrogens is 348 g/mol. The lowest BCUT2D eigenvalue weighted by Crippen LogP contribution is -2.36. The maximum atomic E-state index is 6.74. The van der Waals surface area contributed by atoms with Gasteiger partial charge in [0.2, 0.25) is 0 Å². The standard InChI is InChI=1S/C21H25ClN2O2/c22-21(17-1-5-19(6-2-17)23-9-13-25-14-10-23)18-3-7-20(8-4-18)24-11-15-26-16-12-24/h1-8,21H,9-16H2. The van der Waals surface area contributed by atoms with Crippen LogP contribution < -0.4 is 9.80 Å². The van der Waals surface area contributed by atoms with E-state index in [0.717, 1.165) is 63.7 Å². The largest absolute Gasteiger partial charge is 0.378 e. The van der Waals surface area contributed by atoms with Gasteiger partial charge in [-0.3, -0.25) is 0 Å². The predicted octanol–water partition coefficient (Wildman–Crippen LogP) is 3.69. The highest BCUT2D eigenvalue weighted by Crippen LogP contribution is 2.31. The SMILES string of the molecule is ClC(c1ccc(N2CCOCC2)cc1)c1ccc(N2CCOCC2)cc1. The Morgan fingerprint density at radius 3 is 1.31 bits per heavy atom. The quantitative estimate of drug-likeness (QED) is 0.764. The Hall–Kier alpha value is -1.75. The molecule has 138 valence electrons.